The van der Waals surface area contributed by atoms with Gasteiger partial charge in [-0.15, -0.1) is 0 Å². The molecule has 32 heavy (non-hydrogen) atoms. The van der Waals surface area contributed by atoms with Crippen molar-refractivity contribution in [2.24, 2.45) is 0 Å². The largest absolute Gasteiger partial charge is 0.392 e. The van der Waals surface area contributed by atoms with Crippen LogP contribution in [-0.4, -0.2) is 93.4 Å². The standard InChI is InChI=1S/C22H42N4O6/c1-23(17-19(27)15-21(25(29)30)9-5-3-6-10-21)13-14-24(2)18-20(28)16-22(26(31)32)11-7-4-8-12-22/h19-20,27-28H,3-18H2,1-2H3. The lowest BCUT2D eigenvalue weighted by Crippen LogP contribution is -2.47. The third-order valence-electron chi connectivity index (χ3n) is 7.48. The average molecular weight is 459 g/mol. The lowest BCUT2D eigenvalue weighted by atomic mass is 9.78. The van der Waals surface area contributed by atoms with Gasteiger partial charge in [-0.2, -0.15) is 0 Å². The number of aliphatic hydroxyl groups excluding tert-OH is 2. The van der Waals surface area contributed by atoms with Gasteiger partial charge in [0.15, 0.2) is 0 Å². The SMILES string of the molecule is CN(CCN(C)CC(O)CC1([N+](=O)[O-])CCCCC1)CC(O)CC1([N+](=O)[O-])CCCCC1. The zero-order valence-corrected chi connectivity index (χ0v) is 19.8. The van der Waals surface area contributed by atoms with Gasteiger partial charge in [-0.05, 0) is 39.8 Å². The summed E-state index contributed by atoms with van der Waals surface area (Å²) in [6.45, 7) is 1.98. The molecule has 0 aromatic rings. The van der Waals surface area contributed by atoms with Crippen molar-refractivity contribution in [2.75, 3.05) is 40.3 Å². The van der Waals surface area contributed by atoms with Crippen molar-refractivity contribution in [3.63, 3.8) is 0 Å². The van der Waals surface area contributed by atoms with Crippen LogP contribution in [0.15, 0.2) is 0 Å². The molecule has 0 amide bonds. The molecule has 0 aliphatic heterocycles. The number of hydrogen-bond donors (Lipinski definition) is 2. The first kappa shape index (κ1) is 26.9. The Bertz CT molecular complexity index is 555. The molecule has 2 rings (SSSR count). The second-order valence-electron chi connectivity index (χ2n) is 10.3. The summed E-state index contributed by atoms with van der Waals surface area (Å²) in [6.07, 6.45) is 6.39. The lowest BCUT2D eigenvalue weighted by molar-refractivity contribution is -0.578. The molecule has 0 radical (unpaired) electrons. The Morgan fingerprint density at radius 1 is 0.719 bits per heavy atom. The first-order valence-corrected chi connectivity index (χ1v) is 12.1. The molecule has 0 bridgehead atoms. The molecule has 2 saturated carbocycles. The van der Waals surface area contributed by atoms with Crippen LogP contribution in [0.3, 0.4) is 0 Å². The predicted molar refractivity (Wildman–Crippen MR) is 122 cm³/mol. The van der Waals surface area contributed by atoms with E-state index in [1.54, 1.807) is 0 Å². The summed E-state index contributed by atoms with van der Waals surface area (Å²) < 4.78 is 0. The summed E-state index contributed by atoms with van der Waals surface area (Å²) in [4.78, 5) is 26.8. The molecule has 0 saturated heterocycles. The Kier molecular flexibility index (Phi) is 10.3. The second kappa shape index (κ2) is 12.2. The lowest BCUT2D eigenvalue weighted by Gasteiger charge is -2.33. The molecule has 0 aromatic heterocycles. The number of nitro groups is 2. The minimum Gasteiger partial charge on any atom is -0.392 e. The van der Waals surface area contributed by atoms with Gasteiger partial charge in [0.1, 0.15) is 0 Å². The van der Waals surface area contributed by atoms with E-state index >= 15 is 0 Å². The van der Waals surface area contributed by atoms with Crippen LogP contribution < -0.4 is 0 Å². The molecule has 2 aliphatic rings. The normalized spacial score (nSPS) is 22.6. The van der Waals surface area contributed by atoms with E-state index in [4.69, 9.17) is 0 Å². The molecule has 0 spiro atoms. The second-order valence-corrected chi connectivity index (χ2v) is 10.3. The maximum absolute atomic E-state index is 11.6. The van der Waals surface area contributed by atoms with E-state index < -0.39 is 23.3 Å². The van der Waals surface area contributed by atoms with Crippen LogP contribution in [0.1, 0.15) is 77.0 Å². The van der Waals surface area contributed by atoms with Crippen LogP contribution in [0.25, 0.3) is 0 Å². The summed E-state index contributed by atoms with van der Waals surface area (Å²) in [6, 6.07) is 0. The summed E-state index contributed by atoms with van der Waals surface area (Å²) in [5.74, 6) is 0. The van der Waals surface area contributed by atoms with Crippen LogP contribution in [-0.2, 0) is 0 Å². The highest BCUT2D eigenvalue weighted by Gasteiger charge is 2.46. The first-order valence-electron chi connectivity index (χ1n) is 12.1. The highest BCUT2D eigenvalue weighted by atomic mass is 16.6. The minimum atomic E-state index is -0.995. The number of aliphatic hydroxyl groups is 2. The topological polar surface area (TPSA) is 133 Å². The fourth-order valence-corrected chi connectivity index (χ4v) is 5.59. The van der Waals surface area contributed by atoms with Gasteiger partial charge in [-0.3, -0.25) is 20.2 Å². The van der Waals surface area contributed by atoms with Gasteiger partial charge >= 0.3 is 0 Å². The minimum absolute atomic E-state index is 0.182. The monoisotopic (exact) mass is 458 g/mol. The van der Waals surface area contributed by atoms with E-state index in [2.05, 4.69) is 0 Å². The molecule has 186 valence electrons. The Morgan fingerprint density at radius 2 is 1.03 bits per heavy atom. The Morgan fingerprint density at radius 3 is 1.31 bits per heavy atom. The van der Waals surface area contributed by atoms with Crippen molar-refractivity contribution in [3.05, 3.63) is 20.2 Å². The zero-order chi connectivity index (χ0) is 23.8. The van der Waals surface area contributed by atoms with Crippen LogP contribution in [0, 0.1) is 20.2 Å². The van der Waals surface area contributed by atoms with Crippen LogP contribution >= 0.6 is 0 Å². The first-order chi connectivity index (χ1) is 15.1. The molecule has 10 nitrogen and oxygen atoms in total. The molecular weight excluding hydrogens is 416 g/mol. The molecule has 10 heteroatoms. The molecule has 2 N–H and O–H groups in total. The molecule has 2 aliphatic carbocycles. The third-order valence-corrected chi connectivity index (χ3v) is 7.48. The number of hydrogen-bond acceptors (Lipinski definition) is 8. The maximum Gasteiger partial charge on any atom is 0.224 e. The van der Waals surface area contributed by atoms with Crippen molar-refractivity contribution in [1.29, 1.82) is 0 Å². The van der Waals surface area contributed by atoms with Crippen molar-refractivity contribution in [3.8, 4) is 0 Å². The summed E-state index contributed by atoms with van der Waals surface area (Å²) in [5.41, 5.74) is -1.99. The van der Waals surface area contributed by atoms with Gasteiger partial charge in [0.05, 0.1) is 12.2 Å². The van der Waals surface area contributed by atoms with Crippen molar-refractivity contribution in [1.82, 2.24) is 9.80 Å². The van der Waals surface area contributed by atoms with Gasteiger partial charge in [0, 0.05) is 74.6 Å². The van der Waals surface area contributed by atoms with Gasteiger partial charge in [-0.1, -0.05) is 12.8 Å². The number of nitrogens with zero attached hydrogens (tertiary/aromatic N) is 4. The molecule has 0 heterocycles. The van der Waals surface area contributed by atoms with E-state index in [9.17, 15) is 30.4 Å². The maximum atomic E-state index is 11.6. The van der Waals surface area contributed by atoms with E-state index in [0.717, 1.165) is 38.5 Å². The zero-order valence-electron chi connectivity index (χ0n) is 19.8. The third kappa shape index (κ3) is 7.60. The van der Waals surface area contributed by atoms with Gasteiger partial charge in [-0.25, -0.2) is 0 Å². The smallest absolute Gasteiger partial charge is 0.224 e. The highest BCUT2D eigenvalue weighted by molar-refractivity contribution is 4.87. The fourth-order valence-electron chi connectivity index (χ4n) is 5.59. The molecule has 0 aromatic carbocycles. The summed E-state index contributed by atoms with van der Waals surface area (Å²) in [7, 11) is 3.74. The molecule has 2 fully saturated rings. The van der Waals surface area contributed by atoms with Gasteiger partial charge < -0.3 is 20.0 Å². The van der Waals surface area contributed by atoms with Crippen LogP contribution in [0.5, 0.6) is 0 Å². The Balaban J connectivity index is 1.74. The summed E-state index contributed by atoms with van der Waals surface area (Å²) in [5, 5.41) is 44.3. The molecule has 2 atom stereocenters. The van der Waals surface area contributed by atoms with Crippen molar-refractivity contribution < 1.29 is 20.1 Å². The van der Waals surface area contributed by atoms with E-state index in [1.165, 1.54) is 0 Å². The van der Waals surface area contributed by atoms with E-state index in [0.29, 0.717) is 51.9 Å². The van der Waals surface area contributed by atoms with Gasteiger partial charge in [0.2, 0.25) is 11.1 Å². The quantitative estimate of drug-likeness (QED) is 0.317. The summed E-state index contributed by atoms with van der Waals surface area (Å²) >= 11 is 0. The van der Waals surface area contributed by atoms with E-state index in [-0.39, 0.29) is 22.7 Å². The Labute approximate surface area is 191 Å². The molecule has 2 unspecified atom stereocenters. The van der Waals surface area contributed by atoms with Crippen molar-refractivity contribution in [2.45, 2.75) is 100 Å². The van der Waals surface area contributed by atoms with Crippen LogP contribution in [0.4, 0.5) is 0 Å². The van der Waals surface area contributed by atoms with Crippen molar-refractivity contribution >= 4 is 0 Å². The molecular formula is C22H42N4O6. The van der Waals surface area contributed by atoms with Gasteiger partial charge in [0.25, 0.3) is 0 Å². The fraction of sp³-hybridized carbons (Fsp3) is 1.00. The number of likely N-dealkylation sites (N-methyl/N-ethyl adjacent to an activating group) is 2. The van der Waals surface area contributed by atoms with E-state index in [1.807, 2.05) is 23.9 Å². The predicted octanol–water partition coefficient (Wildman–Crippen LogP) is 2.31. The van der Waals surface area contributed by atoms with Crippen LogP contribution in [0.2, 0.25) is 0 Å². The number of rotatable bonds is 13. The average Bonchev–Trinajstić information content (AvgIpc) is 2.73. The highest BCUT2D eigenvalue weighted by Crippen LogP contribution is 2.36. The Hall–Kier alpha value is -1.36.